The number of amides is 2. The van der Waals surface area contributed by atoms with Crippen LogP contribution < -0.4 is 10.6 Å². The van der Waals surface area contributed by atoms with Gasteiger partial charge in [0.1, 0.15) is 26.1 Å². The molecule has 0 spiro atoms. The minimum atomic E-state index is -0.558. The van der Waals surface area contributed by atoms with Gasteiger partial charge in [-0.2, -0.15) is 0 Å². The van der Waals surface area contributed by atoms with Gasteiger partial charge < -0.3 is 29.6 Å². The third kappa shape index (κ3) is 22.3. The quantitative estimate of drug-likeness (QED) is 0.118. The van der Waals surface area contributed by atoms with E-state index in [1.807, 2.05) is 13.8 Å². The molecule has 10 heteroatoms. The van der Waals surface area contributed by atoms with Gasteiger partial charge in [-0.1, -0.05) is 33.9 Å². The molecule has 2 amide bonds. The predicted molar refractivity (Wildman–Crippen MR) is 129 cm³/mol. The summed E-state index contributed by atoms with van der Waals surface area (Å²) in [4.78, 5) is 43.8. The Hall–Kier alpha value is -2.88. The maximum atomic E-state index is 11.7. The molecule has 0 radical (unpaired) electrons. The molecular weight excluding hydrogens is 444 g/mol. The van der Waals surface area contributed by atoms with Gasteiger partial charge in [-0.25, -0.2) is 14.4 Å². The number of allylic oxidation sites excluding steroid dienone is 1. The highest BCUT2D eigenvalue weighted by Gasteiger charge is 2.22. The van der Waals surface area contributed by atoms with Crippen molar-refractivity contribution < 1.29 is 38.1 Å². The number of aldehydes is 1. The van der Waals surface area contributed by atoms with Crippen molar-refractivity contribution >= 4 is 24.4 Å². The molecule has 196 valence electrons. The van der Waals surface area contributed by atoms with Gasteiger partial charge in [0.15, 0.2) is 0 Å². The molecule has 0 aliphatic heterocycles. The molecule has 0 saturated carbocycles. The number of ether oxygens (including phenoxy) is 4. The van der Waals surface area contributed by atoms with Crippen LogP contribution in [0.3, 0.4) is 0 Å². The van der Waals surface area contributed by atoms with E-state index in [9.17, 15) is 19.2 Å². The Balaban J connectivity index is 0. The first-order chi connectivity index (χ1) is 15.8. The average Bonchev–Trinajstić information content (AvgIpc) is 2.75. The van der Waals surface area contributed by atoms with Crippen molar-refractivity contribution in [1.29, 1.82) is 0 Å². The van der Waals surface area contributed by atoms with Crippen LogP contribution in [0.4, 0.5) is 9.59 Å². The van der Waals surface area contributed by atoms with Crippen molar-refractivity contribution in [2.45, 2.75) is 47.5 Å². The van der Waals surface area contributed by atoms with E-state index < -0.39 is 18.2 Å². The van der Waals surface area contributed by atoms with Crippen LogP contribution >= 0.6 is 0 Å². The SMILES string of the molecule is C=C(C)C(=O)OCCOC(=O)NCC(C)(C)CC(C)CCNC(=O)OCCOC.C=C(C)C=O. The number of methoxy groups -OCH3 is 1. The number of carbonyl (C=O) groups excluding carboxylic acids is 4. The fraction of sp³-hybridized carbons (Fsp3) is 0.667. The minimum Gasteiger partial charge on any atom is -0.459 e. The maximum Gasteiger partial charge on any atom is 0.407 e. The Bertz CT molecular complexity index is 661. The number of esters is 1. The van der Waals surface area contributed by atoms with Crippen molar-refractivity contribution in [2.75, 3.05) is 46.6 Å². The lowest BCUT2D eigenvalue weighted by molar-refractivity contribution is -0.139. The van der Waals surface area contributed by atoms with Crippen molar-refractivity contribution in [1.82, 2.24) is 10.6 Å². The van der Waals surface area contributed by atoms with Gasteiger partial charge in [-0.05, 0) is 43.6 Å². The zero-order valence-electron chi connectivity index (χ0n) is 21.5. The molecule has 0 aliphatic rings. The predicted octanol–water partition coefficient (Wildman–Crippen LogP) is 3.41. The smallest absolute Gasteiger partial charge is 0.407 e. The summed E-state index contributed by atoms with van der Waals surface area (Å²) in [7, 11) is 1.54. The van der Waals surface area contributed by atoms with Gasteiger partial charge in [-0.15, -0.1) is 0 Å². The van der Waals surface area contributed by atoms with Crippen molar-refractivity contribution in [3.8, 4) is 0 Å². The maximum absolute atomic E-state index is 11.7. The Labute approximate surface area is 203 Å². The first-order valence-electron chi connectivity index (χ1n) is 11.1. The van der Waals surface area contributed by atoms with E-state index >= 15 is 0 Å². The zero-order valence-corrected chi connectivity index (χ0v) is 21.5. The first kappa shape index (κ1) is 33.3. The summed E-state index contributed by atoms with van der Waals surface area (Å²) >= 11 is 0. The molecule has 0 rings (SSSR count). The number of hydrogen-bond acceptors (Lipinski definition) is 8. The molecule has 0 heterocycles. The Kier molecular flexibility index (Phi) is 19.2. The monoisotopic (exact) mass is 486 g/mol. The van der Waals surface area contributed by atoms with Gasteiger partial charge in [0.05, 0.1) is 6.61 Å². The Morgan fingerprint density at radius 3 is 1.94 bits per heavy atom. The van der Waals surface area contributed by atoms with E-state index in [0.29, 0.717) is 36.8 Å². The highest BCUT2D eigenvalue weighted by atomic mass is 16.6. The molecule has 1 atom stereocenters. The van der Waals surface area contributed by atoms with E-state index in [4.69, 9.17) is 18.9 Å². The highest BCUT2D eigenvalue weighted by molar-refractivity contribution is 5.86. The zero-order chi connectivity index (χ0) is 26.6. The summed E-state index contributed by atoms with van der Waals surface area (Å²) in [6, 6.07) is 0. The van der Waals surface area contributed by atoms with Crippen LogP contribution in [-0.2, 0) is 28.5 Å². The van der Waals surface area contributed by atoms with Gasteiger partial charge in [0, 0.05) is 25.8 Å². The Morgan fingerprint density at radius 1 is 0.941 bits per heavy atom. The van der Waals surface area contributed by atoms with Crippen LogP contribution in [-0.4, -0.2) is 71.1 Å². The molecule has 2 N–H and O–H groups in total. The van der Waals surface area contributed by atoms with Crippen LogP contribution in [0.1, 0.15) is 47.5 Å². The third-order valence-corrected chi connectivity index (χ3v) is 4.14. The first-order valence-corrected chi connectivity index (χ1v) is 11.1. The lowest BCUT2D eigenvalue weighted by Crippen LogP contribution is -2.36. The largest absolute Gasteiger partial charge is 0.459 e. The molecule has 34 heavy (non-hydrogen) atoms. The van der Waals surface area contributed by atoms with Crippen molar-refractivity contribution in [3.63, 3.8) is 0 Å². The number of nitrogens with one attached hydrogen (secondary N) is 2. The second kappa shape index (κ2) is 19.6. The van der Waals surface area contributed by atoms with Crippen LogP contribution in [0.2, 0.25) is 0 Å². The van der Waals surface area contributed by atoms with E-state index in [-0.39, 0.29) is 25.2 Å². The minimum absolute atomic E-state index is 0.0134. The molecule has 10 nitrogen and oxygen atoms in total. The average molecular weight is 487 g/mol. The topological polar surface area (TPSA) is 129 Å². The highest BCUT2D eigenvalue weighted by Crippen LogP contribution is 2.26. The number of alkyl carbamates (subject to hydrolysis) is 2. The summed E-state index contributed by atoms with van der Waals surface area (Å²) in [5, 5.41) is 5.43. The molecule has 0 aromatic heterocycles. The van der Waals surface area contributed by atoms with E-state index in [0.717, 1.165) is 19.1 Å². The second-order valence-electron chi connectivity index (χ2n) is 8.69. The fourth-order valence-electron chi connectivity index (χ4n) is 2.56. The molecular formula is C24H42N2O8. The summed E-state index contributed by atoms with van der Waals surface area (Å²) in [6.45, 7) is 17.7. The molecule has 0 aromatic carbocycles. The molecule has 0 bridgehead atoms. The van der Waals surface area contributed by atoms with Gasteiger partial charge in [-0.3, -0.25) is 4.79 Å². The van der Waals surface area contributed by atoms with Gasteiger partial charge in [0.25, 0.3) is 0 Å². The van der Waals surface area contributed by atoms with E-state index in [2.05, 4.69) is 30.7 Å². The third-order valence-electron chi connectivity index (χ3n) is 4.14. The van der Waals surface area contributed by atoms with E-state index in [1.165, 1.54) is 0 Å². The Morgan fingerprint density at radius 2 is 1.44 bits per heavy atom. The standard InChI is InChI=1S/C20H36N2O7.C4H6O/c1-15(2)17(23)27-11-12-29-19(25)22-14-20(4,5)13-16(3)7-8-21-18(24)28-10-9-26-6;1-4(2)3-5/h16H,1,7-14H2,2-6H3,(H,21,24)(H,22,25);3H,1H2,2H3. The summed E-state index contributed by atoms with van der Waals surface area (Å²) in [5.41, 5.74) is 0.720. The van der Waals surface area contributed by atoms with Crippen LogP contribution in [0.5, 0.6) is 0 Å². The number of rotatable bonds is 15. The van der Waals surface area contributed by atoms with Crippen LogP contribution in [0.25, 0.3) is 0 Å². The second-order valence-corrected chi connectivity index (χ2v) is 8.69. The van der Waals surface area contributed by atoms with E-state index in [1.54, 1.807) is 21.0 Å². The molecule has 0 saturated heterocycles. The summed E-state index contributed by atoms with van der Waals surface area (Å²) in [6.07, 6.45) is 1.36. The molecule has 0 aliphatic carbocycles. The lowest BCUT2D eigenvalue weighted by Gasteiger charge is -2.28. The van der Waals surface area contributed by atoms with Crippen molar-refractivity contribution in [3.05, 3.63) is 24.3 Å². The number of hydrogen-bond donors (Lipinski definition) is 2. The number of carbonyl (C=O) groups is 4. The van der Waals surface area contributed by atoms with Gasteiger partial charge in [0.2, 0.25) is 0 Å². The van der Waals surface area contributed by atoms with Gasteiger partial charge >= 0.3 is 18.2 Å². The molecule has 0 aromatic rings. The van der Waals surface area contributed by atoms with Crippen LogP contribution in [0, 0.1) is 11.3 Å². The molecule has 1 unspecified atom stereocenters. The molecule has 0 fully saturated rings. The van der Waals surface area contributed by atoms with Crippen LogP contribution in [0.15, 0.2) is 24.3 Å². The fourth-order valence-corrected chi connectivity index (χ4v) is 2.56. The lowest BCUT2D eigenvalue weighted by atomic mass is 9.82. The normalized spacial score (nSPS) is 11.1. The summed E-state index contributed by atoms with van der Waals surface area (Å²) in [5.74, 6) is -0.175. The van der Waals surface area contributed by atoms with Crippen molar-refractivity contribution in [2.24, 2.45) is 11.3 Å². The summed E-state index contributed by atoms with van der Waals surface area (Å²) < 4.78 is 19.6.